The summed E-state index contributed by atoms with van der Waals surface area (Å²) in [5, 5.41) is 9.26. The molecule has 3 rings (SSSR count). The van der Waals surface area contributed by atoms with Gasteiger partial charge >= 0.3 is 0 Å². The smallest absolute Gasteiger partial charge is 0.261 e. The van der Waals surface area contributed by atoms with Crippen LogP contribution in [-0.4, -0.2) is 37.4 Å². The highest BCUT2D eigenvalue weighted by atomic mass is 16.2. The summed E-state index contributed by atoms with van der Waals surface area (Å²) in [5.41, 5.74) is 3.25. The first kappa shape index (κ1) is 19.2. The molecule has 1 aliphatic heterocycles. The minimum atomic E-state index is -0.211. The summed E-state index contributed by atoms with van der Waals surface area (Å²) in [6.07, 6.45) is 2.17. The first-order chi connectivity index (χ1) is 13.5. The molecule has 5 nitrogen and oxygen atoms in total. The minimum absolute atomic E-state index is 0.211. The monoisotopic (exact) mass is 371 g/mol. The van der Waals surface area contributed by atoms with E-state index in [9.17, 15) is 14.9 Å². The number of carbonyl (C=O) groups is 2. The van der Waals surface area contributed by atoms with Gasteiger partial charge in [0, 0.05) is 32.6 Å². The zero-order valence-electron chi connectivity index (χ0n) is 16.0. The highest BCUT2D eigenvalue weighted by Crippen LogP contribution is 2.23. The quantitative estimate of drug-likeness (QED) is 0.459. The Kier molecular flexibility index (Phi) is 5.77. The summed E-state index contributed by atoms with van der Waals surface area (Å²) in [5.74, 6) is 5.76. The molecule has 0 unspecified atom stereocenters. The van der Waals surface area contributed by atoms with Gasteiger partial charge in [-0.1, -0.05) is 24.0 Å². The van der Waals surface area contributed by atoms with E-state index in [0.29, 0.717) is 36.1 Å². The number of anilines is 1. The number of carbonyl (C=O) groups excluding carboxylic acids is 2. The lowest BCUT2D eigenvalue weighted by Crippen LogP contribution is -2.30. The second kappa shape index (κ2) is 8.41. The predicted molar refractivity (Wildman–Crippen MR) is 108 cm³/mol. The van der Waals surface area contributed by atoms with Crippen molar-refractivity contribution in [1.29, 1.82) is 5.26 Å². The number of hydrogen-bond donors (Lipinski definition) is 0. The summed E-state index contributed by atoms with van der Waals surface area (Å²) >= 11 is 0. The predicted octanol–water partition coefficient (Wildman–Crippen LogP) is 3.44. The van der Waals surface area contributed by atoms with Crippen molar-refractivity contribution in [2.24, 2.45) is 0 Å². The van der Waals surface area contributed by atoms with Gasteiger partial charge in [-0.2, -0.15) is 5.26 Å². The first-order valence-electron chi connectivity index (χ1n) is 9.18. The van der Waals surface area contributed by atoms with Gasteiger partial charge in [-0.3, -0.25) is 14.5 Å². The van der Waals surface area contributed by atoms with Crippen molar-refractivity contribution >= 4 is 17.5 Å². The zero-order chi connectivity index (χ0) is 20.1. The molecule has 2 aromatic rings. The number of unbranched alkanes of at least 4 members (excludes halogenated alkanes) is 2. The van der Waals surface area contributed by atoms with E-state index in [1.54, 1.807) is 30.3 Å². The summed E-state index contributed by atoms with van der Waals surface area (Å²) < 4.78 is 0. The molecule has 0 atom stereocenters. The molecule has 140 valence electrons. The maximum absolute atomic E-state index is 12.3. The molecule has 5 heteroatoms. The van der Waals surface area contributed by atoms with Crippen LogP contribution >= 0.6 is 0 Å². The standard InChI is InChI=1S/C23H21N3O2/c1-25(2)21-13-12-17(15-18(21)16-24)9-5-3-4-8-14-26-22(27)19-10-6-7-11-20(19)23(26)28/h6-7,10-13,15H,3-4,8,14H2,1-2H3. The molecular weight excluding hydrogens is 350 g/mol. The van der Waals surface area contributed by atoms with E-state index < -0.39 is 0 Å². The maximum Gasteiger partial charge on any atom is 0.261 e. The number of imide groups is 1. The second-order valence-electron chi connectivity index (χ2n) is 6.80. The minimum Gasteiger partial charge on any atom is -0.377 e. The molecule has 1 aliphatic rings. The van der Waals surface area contributed by atoms with Gasteiger partial charge in [0.05, 0.1) is 22.4 Å². The molecule has 2 aromatic carbocycles. The van der Waals surface area contributed by atoms with Crippen LogP contribution in [0.15, 0.2) is 42.5 Å². The third kappa shape index (κ3) is 3.89. The van der Waals surface area contributed by atoms with E-state index >= 15 is 0 Å². The molecule has 0 radical (unpaired) electrons. The highest BCUT2D eigenvalue weighted by Gasteiger charge is 2.34. The van der Waals surface area contributed by atoms with Crippen molar-refractivity contribution < 1.29 is 9.59 Å². The van der Waals surface area contributed by atoms with E-state index in [1.165, 1.54) is 4.90 Å². The highest BCUT2D eigenvalue weighted by molar-refractivity contribution is 6.21. The van der Waals surface area contributed by atoms with Crippen LogP contribution < -0.4 is 4.90 Å². The molecule has 0 bridgehead atoms. The van der Waals surface area contributed by atoms with Gasteiger partial charge in [-0.25, -0.2) is 0 Å². The fourth-order valence-corrected chi connectivity index (χ4v) is 3.18. The Bertz CT molecular complexity index is 987. The van der Waals surface area contributed by atoms with Crippen LogP contribution in [0.2, 0.25) is 0 Å². The van der Waals surface area contributed by atoms with E-state index in [1.807, 2.05) is 31.1 Å². The number of amides is 2. The van der Waals surface area contributed by atoms with Gasteiger partial charge in [-0.15, -0.1) is 0 Å². The van der Waals surface area contributed by atoms with Gasteiger partial charge in [0.15, 0.2) is 0 Å². The van der Waals surface area contributed by atoms with E-state index in [0.717, 1.165) is 17.7 Å². The lowest BCUT2D eigenvalue weighted by atomic mass is 10.1. The van der Waals surface area contributed by atoms with Gasteiger partial charge in [0.1, 0.15) is 6.07 Å². The van der Waals surface area contributed by atoms with Crippen LogP contribution in [0.25, 0.3) is 0 Å². The molecule has 0 fully saturated rings. The Morgan fingerprint density at radius 2 is 1.68 bits per heavy atom. The average Bonchev–Trinajstić information content (AvgIpc) is 2.95. The molecule has 0 aromatic heterocycles. The lowest BCUT2D eigenvalue weighted by molar-refractivity contribution is 0.0652. The molecule has 0 N–H and O–H groups in total. The van der Waals surface area contributed by atoms with Crippen LogP contribution in [-0.2, 0) is 0 Å². The van der Waals surface area contributed by atoms with Crippen LogP contribution in [0.3, 0.4) is 0 Å². The number of fused-ring (bicyclic) bond motifs is 1. The third-order valence-corrected chi connectivity index (χ3v) is 4.64. The van der Waals surface area contributed by atoms with Crippen LogP contribution in [0, 0.1) is 23.2 Å². The summed E-state index contributed by atoms with van der Waals surface area (Å²) in [6, 6.07) is 14.7. The largest absolute Gasteiger partial charge is 0.377 e. The molecule has 2 amide bonds. The maximum atomic E-state index is 12.3. The Morgan fingerprint density at radius 1 is 1.00 bits per heavy atom. The molecular formula is C23H21N3O2. The Hall–Kier alpha value is -3.57. The third-order valence-electron chi connectivity index (χ3n) is 4.64. The van der Waals surface area contributed by atoms with E-state index in [4.69, 9.17) is 0 Å². The van der Waals surface area contributed by atoms with Crippen LogP contribution in [0.1, 0.15) is 51.1 Å². The number of nitriles is 1. The van der Waals surface area contributed by atoms with Crippen molar-refractivity contribution in [3.63, 3.8) is 0 Å². The fourth-order valence-electron chi connectivity index (χ4n) is 3.18. The van der Waals surface area contributed by atoms with E-state index in [2.05, 4.69) is 17.9 Å². The molecule has 1 heterocycles. The van der Waals surface area contributed by atoms with E-state index in [-0.39, 0.29) is 11.8 Å². The van der Waals surface area contributed by atoms with Crippen LogP contribution in [0.5, 0.6) is 0 Å². The van der Waals surface area contributed by atoms with Gasteiger partial charge < -0.3 is 4.90 Å². The average molecular weight is 371 g/mol. The second-order valence-corrected chi connectivity index (χ2v) is 6.80. The first-order valence-corrected chi connectivity index (χ1v) is 9.18. The molecule has 0 spiro atoms. The summed E-state index contributed by atoms with van der Waals surface area (Å²) in [6.45, 7) is 0.407. The molecule has 0 saturated carbocycles. The molecule has 28 heavy (non-hydrogen) atoms. The summed E-state index contributed by atoms with van der Waals surface area (Å²) in [7, 11) is 3.80. The van der Waals surface area contributed by atoms with Gasteiger partial charge in [0.2, 0.25) is 0 Å². The Morgan fingerprint density at radius 3 is 2.29 bits per heavy atom. The number of hydrogen-bond acceptors (Lipinski definition) is 4. The number of benzene rings is 2. The molecule has 0 aliphatic carbocycles. The SMILES string of the molecule is CN(C)c1ccc(C#CCCCCN2C(=O)c3ccccc3C2=O)cc1C#N. The lowest BCUT2D eigenvalue weighted by Gasteiger charge is -2.13. The number of rotatable bonds is 5. The van der Waals surface area contributed by atoms with Crippen LogP contribution in [0.4, 0.5) is 5.69 Å². The number of nitrogens with zero attached hydrogens (tertiary/aromatic N) is 3. The van der Waals surface area contributed by atoms with Crippen molar-refractivity contribution in [2.75, 3.05) is 25.5 Å². The molecule has 0 saturated heterocycles. The Balaban J connectivity index is 1.51. The van der Waals surface area contributed by atoms with Crippen molar-refractivity contribution in [1.82, 2.24) is 4.90 Å². The van der Waals surface area contributed by atoms with Crippen molar-refractivity contribution in [3.8, 4) is 17.9 Å². The van der Waals surface area contributed by atoms with Crippen molar-refractivity contribution in [2.45, 2.75) is 19.3 Å². The van der Waals surface area contributed by atoms with Gasteiger partial charge in [-0.05, 0) is 43.2 Å². The summed E-state index contributed by atoms with van der Waals surface area (Å²) in [4.78, 5) is 27.8. The topological polar surface area (TPSA) is 64.4 Å². The van der Waals surface area contributed by atoms with Crippen molar-refractivity contribution in [3.05, 3.63) is 64.7 Å². The zero-order valence-corrected chi connectivity index (χ0v) is 16.0. The Labute approximate surface area is 165 Å². The van der Waals surface area contributed by atoms with Gasteiger partial charge in [0.25, 0.3) is 11.8 Å². The fraction of sp³-hybridized carbons (Fsp3) is 0.261. The normalized spacial score (nSPS) is 12.2.